The molecule has 0 aliphatic heterocycles. The third-order valence-corrected chi connectivity index (χ3v) is 2.48. The van der Waals surface area contributed by atoms with E-state index in [-0.39, 0.29) is 5.15 Å². The van der Waals surface area contributed by atoms with Crippen LogP contribution in [0, 0.1) is 0 Å². The average molecular weight is 259 g/mol. The van der Waals surface area contributed by atoms with E-state index in [9.17, 15) is 13.2 Å². The van der Waals surface area contributed by atoms with Crippen LogP contribution in [0.4, 0.5) is 13.2 Å². The van der Waals surface area contributed by atoms with E-state index >= 15 is 0 Å². The van der Waals surface area contributed by atoms with Gasteiger partial charge in [0.1, 0.15) is 0 Å². The highest BCUT2D eigenvalue weighted by atomic mass is 35.5. The van der Waals surface area contributed by atoms with E-state index in [1.165, 1.54) is 18.3 Å². The Morgan fingerprint density at radius 3 is 2.18 bits per heavy atom. The molecule has 0 aliphatic carbocycles. The lowest BCUT2D eigenvalue weighted by molar-refractivity contribution is -0.137. The first kappa shape index (κ1) is 11.9. The molecule has 6 heteroatoms. The van der Waals surface area contributed by atoms with Crippen molar-refractivity contribution in [2.24, 2.45) is 0 Å². The summed E-state index contributed by atoms with van der Waals surface area (Å²) in [6.07, 6.45) is -2.91. The number of alkyl halides is 3. The molecule has 1 aromatic carbocycles. The van der Waals surface area contributed by atoms with Gasteiger partial charge < -0.3 is 0 Å². The molecular formula is C11H6ClF3N2. The van der Waals surface area contributed by atoms with Crippen molar-refractivity contribution < 1.29 is 13.2 Å². The zero-order chi connectivity index (χ0) is 12.5. The minimum absolute atomic E-state index is 0.159. The minimum atomic E-state index is -4.33. The van der Waals surface area contributed by atoms with Crippen LogP contribution in [0.5, 0.6) is 0 Å². The highest BCUT2D eigenvalue weighted by molar-refractivity contribution is 6.32. The molecule has 1 heterocycles. The standard InChI is InChI=1S/C11H6ClF3N2/c12-10-9(5-6-16-17-10)7-1-3-8(4-2-7)11(13,14)15/h1-6H. The van der Waals surface area contributed by atoms with Gasteiger partial charge in [-0.05, 0) is 23.8 Å². The molecule has 0 aliphatic rings. The zero-order valence-corrected chi connectivity index (χ0v) is 9.13. The Morgan fingerprint density at radius 1 is 1.00 bits per heavy atom. The highest BCUT2D eigenvalue weighted by Gasteiger charge is 2.30. The first-order chi connectivity index (χ1) is 7.98. The lowest BCUT2D eigenvalue weighted by Gasteiger charge is -2.07. The van der Waals surface area contributed by atoms with Gasteiger partial charge in [0.25, 0.3) is 0 Å². The van der Waals surface area contributed by atoms with Crippen molar-refractivity contribution in [1.82, 2.24) is 10.2 Å². The van der Waals surface area contributed by atoms with Crippen LogP contribution in [0.15, 0.2) is 36.5 Å². The van der Waals surface area contributed by atoms with Crippen molar-refractivity contribution in [3.05, 3.63) is 47.2 Å². The first-order valence-electron chi connectivity index (χ1n) is 4.63. The number of nitrogens with zero attached hydrogens (tertiary/aromatic N) is 2. The quantitative estimate of drug-likeness (QED) is 0.777. The molecule has 0 spiro atoms. The van der Waals surface area contributed by atoms with Crippen LogP contribution < -0.4 is 0 Å². The minimum Gasteiger partial charge on any atom is -0.166 e. The van der Waals surface area contributed by atoms with Crippen LogP contribution >= 0.6 is 11.6 Å². The smallest absolute Gasteiger partial charge is 0.166 e. The van der Waals surface area contributed by atoms with Crippen LogP contribution in [0.3, 0.4) is 0 Å². The summed E-state index contributed by atoms with van der Waals surface area (Å²) in [5.41, 5.74) is 0.424. The van der Waals surface area contributed by atoms with E-state index < -0.39 is 11.7 Å². The van der Waals surface area contributed by atoms with Gasteiger partial charge in [-0.15, -0.1) is 5.10 Å². The van der Waals surface area contributed by atoms with Gasteiger partial charge in [0.2, 0.25) is 0 Å². The van der Waals surface area contributed by atoms with Crippen molar-refractivity contribution >= 4 is 11.6 Å². The summed E-state index contributed by atoms with van der Waals surface area (Å²) in [7, 11) is 0. The van der Waals surface area contributed by atoms with E-state index in [0.29, 0.717) is 11.1 Å². The number of halogens is 4. The van der Waals surface area contributed by atoms with E-state index in [4.69, 9.17) is 11.6 Å². The highest BCUT2D eigenvalue weighted by Crippen LogP contribution is 2.32. The molecule has 17 heavy (non-hydrogen) atoms. The van der Waals surface area contributed by atoms with Crippen molar-refractivity contribution in [2.45, 2.75) is 6.18 Å². The fourth-order valence-corrected chi connectivity index (χ4v) is 1.58. The second-order valence-corrected chi connectivity index (χ2v) is 3.67. The fraction of sp³-hybridized carbons (Fsp3) is 0.0909. The van der Waals surface area contributed by atoms with Crippen molar-refractivity contribution in [2.75, 3.05) is 0 Å². The van der Waals surface area contributed by atoms with Gasteiger partial charge in [-0.3, -0.25) is 0 Å². The van der Waals surface area contributed by atoms with E-state index in [1.807, 2.05) is 0 Å². The summed E-state index contributed by atoms with van der Waals surface area (Å²) < 4.78 is 37.1. The maximum Gasteiger partial charge on any atom is 0.416 e. The van der Waals surface area contributed by atoms with E-state index in [0.717, 1.165) is 12.1 Å². The summed E-state index contributed by atoms with van der Waals surface area (Å²) in [5.74, 6) is 0. The molecule has 2 rings (SSSR count). The summed E-state index contributed by atoms with van der Waals surface area (Å²) in [6.45, 7) is 0. The molecule has 0 saturated carbocycles. The number of aromatic nitrogens is 2. The average Bonchev–Trinajstić information content (AvgIpc) is 2.29. The topological polar surface area (TPSA) is 25.8 Å². The SMILES string of the molecule is FC(F)(F)c1ccc(-c2ccnnc2Cl)cc1. The largest absolute Gasteiger partial charge is 0.416 e. The first-order valence-corrected chi connectivity index (χ1v) is 5.01. The second-order valence-electron chi connectivity index (χ2n) is 3.31. The molecule has 2 nitrogen and oxygen atoms in total. The Hall–Kier alpha value is -1.62. The zero-order valence-electron chi connectivity index (χ0n) is 8.37. The molecular weight excluding hydrogens is 253 g/mol. The monoisotopic (exact) mass is 258 g/mol. The van der Waals surface area contributed by atoms with Gasteiger partial charge in [0.05, 0.1) is 11.8 Å². The van der Waals surface area contributed by atoms with Gasteiger partial charge >= 0.3 is 6.18 Å². The summed E-state index contributed by atoms with van der Waals surface area (Å²) >= 11 is 5.79. The Balaban J connectivity index is 2.40. The predicted molar refractivity (Wildman–Crippen MR) is 57.5 cm³/mol. The molecule has 0 bridgehead atoms. The number of rotatable bonds is 1. The molecule has 88 valence electrons. The van der Waals surface area contributed by atoms with E-state index in [1.54, 1.807) is 6.07 Å². The van der Waals surface area contributed by atoms with Crippen molar-refractivity contribution in [1.29, 1.82) is 0 Å². The maximum absolute atomic E-state index is 12.4. The lowest BCUT2D eigenvalue weighted by Crippen LogP contribution is -2.04. The van der Waals surface area contributed by atoms with Gasteiger partial charge in [-0.25, -0.2) is 0 Å². The molecule has 0 fully saturated rings. The number of hydrogen-bond donors (Lipinski definition) is 0. The maximum atomic E-state index is 12.4. The molecule has 0 saturated heterocycles. The molecule has 0 amide bonds. The third-order valence-electron chi connectivity index (χ3n) is 2.20. The normalized spacial score (nSPS) is 11.5. The molecule has 1 aromatic heterocycles. The lowest BCUT2D eigenvalue weighted by atomic mass is 10.1. The predicted octanol–water partition coefficient (Wildman–Crippen LogP) is 3.82. The van der Waals surface area contributed by atoms with E-state index in [2.05, 4.69) is 10.2 Å². The van der Waals surface area contributed by atoms with Gasteiger partial charge in [-0.2, -0.15) is 18.3 Å². The second kappa shape index (κ2) is 4.33. The fourth-order valence-electron chi connectivity index (χ4n) is 1.37. The summed E-state index contributed by atoms with van der Waals surface area (Å²) in [6, 6.07) is 6.31. The summed E-state index contributed by atoms with van der Waals surface area (Å²) in [5, 5.41) is 7.34. The van der Waals surface area contributed by atoms with Crippen LogP contribution in [0.2, 0.25) is 5.15 Å². The van der Waals surface area contributed by atoms with Crippen molar-refractivity contribution in [3.8, 4) is 11.1 Å². The van der Waals surface area contributed by atoms with Crippen LogP contribution in [0.1, 0.15) is 5.56 Å². The molecule has 0 unspecified atom stereocenters. The number of benzene rings is 1. The Bertz CT molecular complexity index is 523. The molecule has 2 aromatic rings. The third kappa shape index (κ3) is 2.55. The van der Waals surface area contributed by atoms with Gasteiger partial charge in [-0.1, -0.05) is 23.7 Å². The Labute approximate surface area is 100 Å². The van der Waals surface area contributed by atoms with Crippen molar-refractivity contribution in [3.63, 3.8) is 0 Å². The van der Waals surface area contributed by atoms with Crippen LogP contribution in [-0.2, 0) is 6.18 Å². The summed E-state index contributed by atoms with van der Waals surface area (Å²) in [4.78, 5) is 0. The van der Waals surface area contributed by atoms with Crippen LogP contribution in [-0.4, -0.2) is 10.2 Å². The molecule has 0 N–H and O–H groups in total. The van der Waals surface area contributed by atoms with Crippen LogP contribution in [0.25, 0.3) is 11.1 Å². The number of hydrogen-bond acceptors (Lipinski definition) is 2. The molecule has 0 radical (unpaired) electrons. The van der Waals surface area contributed by atoms with Gasteiger partial charge in [0.15, 0.2) is 5.15 Å². The Kier molecular flexibility index (Phi) is 3.02. The molecule has 0 atom stereocenters. The van der Waals surface area contributed by atoms with Gasteiger partial charge in [0, 0.05) is 5.56 Å². The Morgan fingerprint density at radius 2 is 1.65 bits per heavy atom.